The minimum atomic E-state index is -0.664. The molecule has 0 amide bonds. The van der Waals surface area contributed by atoms with E-state index in [1.165, 1.54) is 12.1 Å². The van der Waals surface area contributed by atoms with Crippen molar-refractivity contribution in [3.63, 3.8) is 0 Å². The van der Waals surface area contributed by atoms with Gasteiger partial charge < -0.3 is 19.3 Å². The van der Waals surface area contributed by atoms with E-state index in [9.17, 15) is 8.78 Å². The van der Waals surface area contributed by atoms with Crippen LogP contribution >= 0.6 is 0 Å². The number of rotatable bonds is 6. The third-order valence-electron chi connectivity index (χ3n) is 7.16. The summed E-state index contributed by atoms with van der Waals surface area (Å²) in [5.74, 6) is -1.14. The lowest BCUT2D eigenvalue weighted by atomic mass is 10.0. The summed E-state index contributed by atoms with van der Waals surface area (Å²) in [6.07, 6.45) is 2.13. The molecule has 3 heterocycles. The van der Waals surface area contributed by atoms with E-state index >= 15 is 4.39 Å². The Hall–Kier alpha value is -3.33. The summed E-state index contributed by atoms with van der Waals surface area (Å²) in [7, 11) is 1.86. The van der Waals surface area contributed by atoms with Gasteiger partial charge in [-0.2, -0.15) is 0 Å². The molecule has 5 rings (SSSR count). The second-order valence-electron chi connectivity index (χ2n) is 11.0. The van der Waals surface area contributed by atoms with Crippen molar-refractivity contribution in [2.24, 2.45) is 0 Å². The molecule has 6 nitrogen and oxygen atoms in total. The summed E-state index contributed by atoms with van der Waals surface area (Å²) in [6.45, 7) is 9.66. The van der Waals surface area contributed by atoms with Gasteiger partial charge in [0, 0.05) is 31.7 Å². The maximum Gasteiger partial charge on any atom is 0.179 e. The molecule has 1 unspecified atom stereocenters. The molecule has 0 N–H and O–H groups in total. The van der Waals surface area contributed by atoms with Gasteiger partial charge in [-0.1, -0.05) is 6.07 Å². The zero-order chi connectivity index (χ0) is 27.2. The number of anilines is 2. The Balaban J connectivity index is 1.44. The van der Waals surface area contributed by atoms with E-state index in [1.54, 1.807) is 12.1 Å². The van der Waals surface area contributed by atoms with Gasteiger partial charge in [0.25, 0.3) is 0 Å². The van der Waals surface area contributed by atoms with Gasteiger partial charge in [0.2, 0.25) is 0 Å². The first-order valence-corrected chi connectivity index (χ1v) is 12.9. The second-order valence-corrected chi connectivity index (χ2v) is 11.0. The number of benzene rings is 2. The van der Waals surface area contributed by atoms with Gasteiger partial charge in [0.1, 0.15) is 22.9 Å². The molecule has 1 fully saturated rings. The molecule has 2 aliphatic rings. The molecule has 9 heteroatoms. The zero-order valence-corrected chi connectivity index (χ0v) is 22.4. The molecule has 2 aromatic carbocycles. The van der Waals surface area contributed by atoms with Crippen LogP contribution in [0.1, 0.15) is 45.5 Å². The highest BCUT2D eigenvalue weighted by Crippen LogP contribution is 2.42. The molecule has 38 heavy (non-hydrogen) atoms. The Morgan fingerprint density at radius 2 is 1.89 bits per heavy atom. The fraction of sp³-hybridized carbons (Fsp3) is 0.448. The molecule has 1 saturated heterocycles. The molecule has 2 aliphatic heterocycles. The molecular formula is C29H33F3N4O2. The second kappa shape index (κ2) is 10.1. The summed E-state index contributed by atoms with van der Waals surface area (Å²) in [6, 6.07) is 8.16. The van der Waals surface area contributed by atoms with Crippen LogP contribution < -0.4 is 14.5 Å². The van der Waals surface area contributed by atoms with E-state index in [-0.39, 0.29) is 35.8 Å². The number of fused-ring (bicyclic) bond motifs is 1. The largest absolute Gasteiger partial charge is 0.481 e. The lowest BCUT2D eigenvalue weighted by Gasteiger charge is -2.43. The normalized spacial score (nSPS) is 18.4. The van der Waals surface area contributed by atoms with Crippen molar-refractivity contribution in [2.45, 2.75) is 58.2 Å². The zero-order valence-electron chi connectivity index (χ0n) is 22.4. The molecule has 1 atom stereocenters. The molecule has 0 radical (unpaired) electrons. The number of hydrogen-bond acceptors (Lipinski definition) is 6. The summed E-state index contributed by atoms with van der Waals surface area (Å²) in [4.78, 5) is 12.5. The summed E-state index contributed by atoms with van der Waals surface area (Å²) in [5.41, 5.74) is 1.41. The van der Waals surface area contributed by atoms with E-state index < -0.39 is 17.2 Å². The number of aromatic nitrogens is 2. The number of halogens is 3. The van der Waals surface area contributed by atoms with Crippen LogP contribution in [0.3, 0.4) is 0 Å². The van der Waals surface area contributed by atoms with Crippen molar-refractivity contribution < 1.29 is 22.6 Å². The van der Waals surface area contributed by atoms with E-state index in [0.29, 0.717) is 48.1 Å². The van der Waals surface area contributed by atoms with Gasteiger partial charge >= 0.3 is 0 Å². The Morgan fingerprint density at radius 3 is 2.58 bits per heavy atom. The fourth-order valence-electron chi connectivity index (χ4n) is 5.14. The average molecular weight is 527 g/mol. The minimum Gasteiger partial charge on any atom is -0.481 e. The van der Waals surface area contributed by atoms with Crippen LogP contribution in [0.5, 0.6) is 5.75 Å². The van der Waals surface area contributed by atoms with Gasteiger partial charge in [0.05, 0.1) is 36.8 Å². The first-order chi connectivity index (χ1) is 18.0. The number of likely N-dealkylation sites (N-methyl/N-ethyl adjacent to an activating group) is 1. The Labute approximate surface area is 221 Å². The lowest BCUT2D eigenvalue weighted by Crippen LogP contribution is -2.49. The van der Waals surface area contributed by atoms with E-state index in [4.69, 9.17) is 9.47 Å². The highest BCUT2D eigenvalue weighted by molar-refractivity contribution is 5.72. The van der Waals surface area contributed by atoms with Crippen LogP contribution in [0.2, 0.25) is 0 Å². The molecular weight excluding hydrogens is 493 g/mol. The Morgan fingerprint density at radius 1 is 1.11 bits per heavy atom. The third kappa shape index (κ3) is 5.16. The summed E-state index contributed by atoms with van der Waals surface area (Å²) >= 11 is 0. The molecule has 3 aromatic rings. The van der Waals surface area contributed by atoms with E-state index in [1.807, 2.05) is 50.6 Å². The summed E-state index contributed by atoms with van der Waals surface area (Å²) < 4.78 is 56.5. The van der Waals surface area contributed by atoms with Crippen molar-refractivity contribution in [1.82, 2.24) is 9.97 Å². The molecule has 1 aromatic heterocycles. The standard InChI is InChI=1S/C29H33F3N4O2/c1-17(2)36-16-29(3,4)38-28-22(31)12-19(13-25(28)36)27-23(32)14-33-26(34-27)11-18-6-7-24(21(30)10-18)35(5)20-8-9-37-15-20/h6-7,10,12-14,17,20H,8-9,11,15-16H2,1-5H3. The molecule has 0 bridgehead atoms. The topological polar surface area (TPSA) is 50.7 Å². The minimum absolute atomic E-state index is 0.0108. The van der Waals surface area contributed by atoms with Crippen LogP contribution in [0, 0.1) is 17.5 Å². The maximum atomic E-state index is 15.3. The quantitative estimate of drug-likeness (QED) is 0.407. The first-order valence-electron chi connectivity index (χ1n) is 12.9. The predicted molar refractivity (Wildman–Crippen MR) is 141 cm³/mol. The first kappa shape index (κ1) is 26.3. The monoisotopic (exact) mass is 526 g/mol. The van der Waals surface area contributed by atoms with Gasteiger partial charge in [-0.25, -0.2) is 23.1 Å². The molecule has 0 aliphatic carbocycles. The molecule has 0 saturated carbocycles. The number of nitrogens with zero attached hydrogens (tertiary/aromatic N) is 4. The maximum absolute atomic E-state index is 15.3. The highest BCUT2D eigenvalue weighted by atomic mass is 19.1. The average Bonchev–Trinajstić information content (AvgIpc) is 3.40. The van der Waals surface area contributed by atoms with Crippen LogP contribution in [-0.2, 0) is 11.2 Å². The Bertz CT molecular complexity index is 1340. The fourth-order valence-corrected chi connectivity index (χ4v) is 5.14. The van der Waals surface area contributed by atoms with E-state index in [2.05, 4.69) is 9.97 Å². The summed E-state index contributed by atoms with van der Waals surface area (Å²) in [5, 5.41) is 0. The van der Waals surface area contributed by atoms with Crippen LogP contribution in [-0.4, -0.2) is 54.5 Å². The van der Waals surface area contributed by atoms with Gasteiger partial charge in [-0.05, 0) is 63.9 Å². The van der Waals surface area contributed by atoms with Crippen molar-refractivity contribution in [2.75, 3.05) is 36.6 Å². The van der Waals surface area contributed by atoms with E-state index in [0.717, 1.165) is 12.6 Å². The lowest BCUT2D eigenvalue weighted by molar-refractivity contribution is 0.0967. The van der Waals surface area contributed by atoms with Crippen molar-refractivity contribution in [3.05, 3.63) is 65.4 Å². The highest BCUT2D eigenvalue weighted by Gasteiger charge is 2.35. The van der Waals surface area contributed by atoms with Gasteiger partial charge in [-0.3, -0.25) is 0 Å². The Kier molecular flexibility index (Phi) is 6.98. The number of hydrogen-bond donors (Lipinski definition) is 0. The number of ether oxygens (including phenoxy) is 2. The van der Waals surface area contributed by atoms with Gasteiger partial charge in [0.15, 0.2) is 17.4 Å². The van der Waals surface area contributed by atoms with Crippen molar-refractivity contribution in [1.29, 1.82) is 0 Å². The molecule has 0 spiro atoms. The third-order valence-corrected chi connectivity index (χ3v) is 7.16. The van der Waals surface area contributed by atoms with Crippen LogP contribution in [0.25, 0.3) is 11.3 Å². The van der Waals surface area contributed by atoms with Crippen molar-refractivity contribution in [3.8, 4) is 17.0 Å². The van der Waals surface area contributed by atoms with Crippen molar-refractivity contribution >= 4 is 11.4 Å². The smallest absolute Gasteiger partial charge is 0.179 e. The molecule has 202 valence electrons. The van der Waals surface area contributed by atoms with Gasteiger partial charge in [-0.15, -0.1) is 0 Å². The van der Waals surface area contributed by atoms with Crippen LogP contribution in [0.15, 0.2) is 36.5 Å². The van der Waals surface area contributed by atoms with Crippen LogP contribution in [0.4, 0.5) is 24.5 Å². The predicted octanol–water partition coefficient (Wildman–Crippen LogP) is 5.76. The SMILES string of the molecule is CC(C)N1CC(C)(C)Oc2c(F)cc(-c3nc(Cc4ccc(N(C)C5CCOC5)c(F)c4)ncc3F)cc21.